The molecule has 2 aromatic carbocycles. The van der Waals surface area contributed by atoms with Crippen LogP contribution in [0, 0.1) is 0 Å². The highest BCUT2D eigenvalue weighted by Gasteiger charge is 2.21. The van der Waals surface area contributed by atoms with E-state index in [2.05, 4.69) is 61.5 Å². The predicted octanol–water partition coefficient (Wildman–Crippen LogP) is 6.43. The molecule has 1 saturated heterocycles. The second-order valence-corrected chi connectivity index (χ2v) is 16.8. The lowest BCUT2D eigenvalue weighted by Crippen LogP contribution is -2.31. The van der Waals surface area contributed by atoms with Crippen LogP contribution in [-0.2, 0) is 22.7 Å². The van der Waals surface area contributed by atoms with E-state index in [-0.39, 0.29) is 63.8 Å². The summed E-state index contributed by atoms with van der Waals surface area (Å²) in [4.78, 5) is 72.0. The number of ether oxygens (including phenoxy) is 2. The van der Waals surface area contributed by atoms with Crippen LogP contribution in [0.5, 0.6) is 11.8 Å². The number of rotatable bonds is 20. The van der Waals surface area contributed by atoms with Gasteiger partial charge in [-0.1, -0.05) is 53.9 Å². The number of furan rings is 1. The van der Waals surface area contributed by atoms with Crippen LogP contribution < -0.4 is 41.8 Å². The van der Waals surface area contributed by atoms with Gasteiger partial charge in [-0.15, -0.1) is 5.10 Å². The summed E-state index contributed by atoms with van der Waals surface area (Å²) in [5.74, 6) is 1.01. The maximum Gasteiger partial charge on any atom is 0.290 e. The molecule has 3 amide bonds. The molecule has 22 nitrogen and oxygen atoms in total. The number of halogens is 2. The van der Waals surface area contributed by atoms with E-state index >= 15 is 0 Å². The first-order valence-electron chi connectivity index (χ1n) is 22.7. The van der Waals surface area contributed by atoms with Crippen LogP contribution in [0.1, 0.15) is 64.2 Å². The number of nitrogens with zero attached hydrogens (tertiary/aromatic N) is 8. The van der Waals surface area contributed by atoms with Gasteiger partial charge < -0.3 is 51.3 Å². The molecule has 8 N–H and O–H groups in total. The molecule has 0 bridgehead atoms. The fourth-order valence-electron chi connectivity index (χ4n) is 7.65. The van der Waals surface area contributed by atoms with Gasteiger partial charge in [0.05, 0.1) is 41.9 Å². The molecule has 72 heavy (non-hydrogen) atoms. The van der Waals surface area contributed by atoms with Crippen molar-refractivity contribution in [3.05, 3.63) is 112 Å². The zero-order valence-electron chi connectivity index (χ0n) is 39.3. The summed E-state index contributed by atoms with van der Waals surface area (Å²) in [7, 11) is 3.01. The fraction of sp³-hybridized carbons (Fsp3) is 0.292. The first-order valence-corrected chi connectivity index (χ1v) is 23.5. The van der Waals surface area contributed by atoms with Gasteiger partial charge >= 0.3 is 0 Å². The smallest absolute Gasteiger partial charge is 0.290 e. The lowest BCUT2D eigenvalue weighted by Gasteiger charge is -2.26. The van der Waals surface area contributed by atoms with E-state index in [1.165, 1.54) is 24.3 Å². The number of benzene rings is 2. The molecule has 0 atom stereocenters. The van der Waals surface area contributed by atoms with E-state index in [9.17, 15) is 14.4 Å². The topological polar surface area (TPSA) is 291 Å². The quantitative estimate of drug-likeness (QED) is 0.0320. The van der Waals surface area contributed by atoms with Crippen LogP contribution in [0.3, 0.4) is 0 Å². The van der Waals surface area contributed by atoms with Crippen molar-refractivity contribution in [2.24, 2.45) is 0 Å². The maximum absolute atomic E-state index is 13.5. The van der Waals surface area contributed by atoms with Crippen LogP contribution in [0.2, 0.25) is 10.0 Å². The Balaban J connectivity index is 0.00000247. The molecule has 5 aromatic heterocycles. The zero-order chi connectivity index (χ0) is 51.0. The number of carboxylic acid groups (broad SMARTS) is 1. The highest BCUT2D eigenvalue weighted by molar-refractivity contribution is 6.40. The molecule has 6 heterocycles. The first-order chi connectivity index (χ1) is 35.0. The van der Waals surface area contributed by atoms with Gasteiger partial charge in [-0.05, 0) is 80.9 Å². The highest BCUT2D eigenvalue weighted by Crippen LogP contribution is 2.40. The summed E-state index contributed by atoms with van der Waals surface area (Å²) in [6, 6.07) is 20.7. The summed E-state index contributed by atoms with van der Waals surface area (Å²) in [5.41, 5.74) is 9.67. The highest BCUT2D eigenvalue weighted by atomic mass is 35.5. The Morgan fingerprint density at radius 1 is 0.778 bits per heavy atom. The number of nitrogens with two attached hydrogens (primary N) is 1. The first kappa shape index (κ1) is 51.9. The van der Waals surface area contributed by atoms with E-state index in [1.54, 1.807) is 73.8 Å². The van der Waals surface area contributed by atoms with Crippen molar-refractivity contribution in [2.75, 3.05) is 68.6 Å². The number of amides is 3. The third kappa shape index (κ3) is 13.3. The monoisotopic (exact) mass is 1020 g/mol. The summed E-state index contributed by atoms with van der Waals surface area (Å²) in [6.45, 7) is 4.13. The molecule has 0 unspecified atom stereocenters. The van der Waals surface area contributed by atoms with Crippen molar-refractivity contribution in [3.63, 3.8) is 0 Å². The number of anilines is 4. The summed E-state index contributed by atoms with van der Waals surface area (Å²) < 4.78 is 17.8. The average molecular weight is 1020 g/mol. The minimum Gasteiger partial charge on any atom is -0.483 e. The SMILES string of the molecule is COc1nc(C(=O)Nc2cccc(-c3cccc(NC(=O)c4ccc(CN5CCCCC5)c(OC)n4)c3Cl)c2Cl)ccc1CNCCNC(=O)CCCNc1nc(N)n2nc(-c3ccco3)nc2n1.O=CO. The van der Waals surface area contributed by atoms with Crippen molar-refractivity contribution in [3.8, 4) is 34.5 Å². The van der Waals surface area contributed by atoms with Crippen LogP contribution >= 0.6 is 23.2 Å². The molecule has 7 aromatic rings. The third-order valence-electron chi connectivity index (χ3n) is 11.1. The van der Waals surface area contributed by atoms with Gasteiger partial charge in [0.1, 0.15) is 11.4 Å². The molecule has 376 valence electrons. The summed E-state index contributed by atoms with van der Waals surface area (Å²) in [5, 5.41) is 26.6. The maximum atomic E-state index is 13.5. The lowest BCUT2D eigenvalue weighted by molar-refractivity contribution is -0.123. The van der Waals surface area contributed by atoms with Gasteiger partial charge in [-0.2, -0.15) is 19.5 Å². The minimum atomic E-state index is -0.519. The van der Waals surface area contributed by atoms with Crippen LogP contribution in [-0.4, -0.2) is 116 Å². The Kier molecular flexibility index (Phi) is 18.2. The van der Waals surface area contributed by atoms with Gasteiger partial charge in [0.25, 0.3) is 24.1 Å². The summed E-state index contributed by atoms with van der Waals surface area (Å²) >= 11 is 13.8. The van der Waals surface area contributed by atoms with Crippen molar-refractivity contribution in [2.45, 2.75) is 45.2 Å². The van der Waals surface area contributed by atoms with Crippen molar-refractivity contribution in [1.82, 2.24) is 50.1 Å². The van der Waals surface area contributed by atoms with Gasteiger partial charge in [0, 0.05) is 61.4 Å². The molecule has 0 spiro atoms. The molecule has 1 aliphatic rings. The fourth-order valence-corrected chi connectivity index (χ4v) is 8.20. The molecule has 0 radical (unpaired) electrons. The minimum absolute atomic E-state index is 0.0969. The van der Waals surface area contributed by atoms with E-state index in [1.807, 2.05) is 6.07 Å². The number of nitrogens with one attached hydrogen (secondary N) is 5. The lowest BCUT2D eigenvalue weighted by atomic mass is 10.0. The second-order valence-electron chi connectivity index (χ2n) is 16.0. The zero-order valence-corrected chi connectivity index (χ0v) is 40.8. The number of likely N-dealkylation sites (tertiary alicyclic amines) is 1. The third-order valence-corrected chi connectivity index (χ3v) is 11.9. The van der Waals surface area contributed by atoms with E-state index < -0.39 is 11.8 Å². The van der Waals surface area contributed by atoms with Crippen molar-refractivity contribution >= 4 is 76.4 Å². The van der Waals surface area contributed by atoms with Gasteiger partial charge in [0.15, 0.2) is 5.76 Å². The molecular weight excluding hydrogens is 972 g/mol. The number of carbonyl (C=O) groups excluding carboxylic acids is 3. The van der Waals surface area contributed by atoms with Crippen molar-refractivity contribution < 1.29 is 38.2 Å². The number of hydrogen-bond acceptors (Lipinski definition) is 17. The molecule has 24 heteroatoms. The van der Waals surface area contributed by atoms with Gasteiger partial charge in [-0.25, -0.2) is 9.97 Å². The molecule has 0 saturated carbocycles. The number of carbonyl (C=O) groups is 4. The normalized spacial score (nSPS) is 12.3. The second kappa shape index (κ2) is 25.3. The Morgan fingerprint density at radius 3 is 2.01 bits per heavy atom. The van der Waals surface area contributed by atoms with Crippen LogP contribution in [0.25, 0.3) is 28.5 Å². The standard InChI is InChI=1S/C47H50Cl2N14O6.CH2O2/c1-67-43-28(26-51-21-22-52-37(64)15-8-20-53-46-59-45(50)63-47(60-46)58-40(61-63)36-14-9-25-69-36)16-18-34(56-43)41(65)54-32-12-6-10-30(38(32)48)31-11-7-13-33(39(31)49)55-42(66)35-19-17-29(44(57-35)68-2)27-62-23-4-3-5-24-62;2-1-3/h6-7,9-14,16-19,25,51H,3-5,8,15,20-24,26-27H2,1-2H3,(H,52,64)(H,54,65)(H,55,66)(H3,50,53,58,59,60,61);1H,(H,2,3). The van der Waals surface area contributed by atoms with Crippen molar-refractivity contribution in [1.29, 1.82) is 0 Å². The average Bonchev–Trinajstić information content (AvgIpc) is 4.09. The number of nitrogen functional groups attached to an aromatic ring is 1. The number of pyridine rings is 2. The van der Waals surface area contributed by atoms with E-state index in [0.29, 0.717) is 84.7 Å². The Hall–Kier alpha value is -7.92. The molecule has 1 aliphatic heterocycles. The van der Waals surface area contributed by atoms with Crippen LogP contribution in [0.4, 0.5) is 23.3 Å². The predicted molar refractivity (Wildman–Crippen MR) is 270 cm³/mol. The molecule has 1 fully saturated rings. The summed E-state index contributed by atoms with van der Waals surface area (Å²) in [6.07, 6.45) is 5.88. The largest absolute Gasteiger partial charge is 0.483 e. The molecule has 8 rings (SSSR count). The number of piperidine rings is 1. The van der Waals surface area contributed by atoms with Gasteiger partial charge in [0.2, 0.25) is 35.4 Å². The Labute approximate surface area is 423 Å². The number of aromatic nitrogens is 7. The number of hydrogen-bond donors (Lipinski definition) is 7. The van der Waals surface area contributed by atoms with Crippen LogP contribution in [0.15, 0.2) is 83.5 Å². The van der Waals surface area contributed by atoms with E-state index in [4.69, 9.17) is 52.7 Å². The number of fused-ring (bicyclic) bond motifs is 1. The van der Waals surface area contributed by atoms with Gasteiger partial charge in [-0.3, -0.25) is 24.1 Å². The Morgan fingerprint density at radius 2 is 1.40 bits per heavy atom. The molecular formula is C48H52Cl2N14O8. The Bertz CT molecular complexity index is 3010. The molecule has 0 aliphatic carbocycles. The van der Waals surface area contributed by atoms with E-state index in [0.717, 1.165) is 31.5 Å². The number of methoxy groups -OCH3 is 2.